The van der Waals surface area contributed by atoms with E-state index in [1.54, 1.807) is 4.90 Å². The zero-order chi connectivity index (χ0) is 16.7. The van der Waals surface area contributed by atoms with Gasteiger partial charge in [0.2, 0.25) is 5.91 Å². The fourth-order valence-electron chi connectivity index (χ4n) is 4.57. The molecule has 126 valence electrons. The lowest BCUT2D eigenvalue weighted by molar-refractivity contribution is -0.149. The van der Waals surface area contributed by atoms with E-state index in [4.69, 9.17) is 0 Å². The molecular formula is C19H22N2O3. The largest absolute Gasteiger partial charge is 0.481 e. The number of carbonyl (C=O) groups is 2. The van der Waals surface area contributed by atoms with Gasteiger partial charge < -0.3 is 15.0 Å². The number of amides is 1. The summed E-state index contributed by atoms with van der Waals surface area (Å²) in [6.45, 7) is 0.999. The number of aromatic nitrogens is 1. The van der Waals surface area contributed by atoms with Crippen LogP contribution in [0.5, 0.6) is 0 Å². The Labute approximate surface area is 140 Å². The lowest BCUT2D eigenvalue weighted by Crippen LogP contribution is -2.37. The van der Waals surface area contributed by atoms with Crippen LogP contribution in [0, 0.1) is 11.3 Å². The van der Waals surface area contributed by atoms with Gasteiger partial charge in [0.25, 0.3) is 0 Å². The molecule has 1 aliphatic carbocycles. The highest BCUT2D eigenvalue weighted by Crippen LogP contribution is 2.49. The Morgan fingerprint density at radius 2 is 2.17 bits per heavy atom. The second-order valence-electron chi connectivity index (χ2n) is 7.18. The van der Waals surface area contributed by atoms with E-state index in [9.17, 15) is 14.7 Å². The first kappa shape index (κ1) is 15.2. The Bertz CT molecular complexity index is 797. The molecule has 1 saturated heterocycles. The number of nitrogens with zero attached hydrogens (tertiary/aromatic N) is 1. The second-order valence-corrected chi connectivity index (χ2v) is 7.18. The minimum atomic E-state index is -0.725. The van der Waals surface area contributed by atoms with Crippen LogP contribution in [0.4, 0.5) is 0 Å². The minimum Gasteiger partial charge on any atom is -0.481 e. The number of aromatic amines is 1. The summed E-state index contributed by atoms with van der Waals surface area (Å²) >= 11 is 0. The van der Waals surface area contributed by atoms with Crippen molar-refractivity contribution >= 4 is 22.8 Å². The van der Waals surface area contributed by atoms with Crippen LogP contribution in [0.1, 0.15) is 31.2 Å². The third-order valence-corrected chi connectivity index (χ3v) is 5.93. The molecule has 1 amide bonds. The highest BCUT2D eigenvalue weighted by Gasteiger charge is 2.55. The van der Waals surface area contributed by atoms with Crippen molar-refractivity contribution in [2.24, 2.45) is 11.3 Å². The Balaban J connectivity index is 1.43. The smallest absolute Gasteiger partial charge is 0.311 e. The first-order chi connectivity index (χ1) is 11.6. The number of carboxylic acid groups (broad SMARTS) is 1. The van der Waals surface area contributed by atoms with Crippen LogP contribution in [0.2, 0.25) is 0 Å². The number of nitrogens with one attached hydrogen (secondary N) is 1. The predicted octanol–water partition coefficient (Wildman–Crippen LogP) is 2.81. The number of likely N-dealkylation sites (tertiary alicyclic amines) is 1. The van der Waals surface area contributed by atoms with Gasteiger partial charge >= 0.3 is 5.97 Å². The molecule has 0 spiro atoms. The third kappa shape index (κ3) is 2.30. The van der Waals surface area contributed by atoms with Crippen molar-refractivity contribution in [1.82, 2.24) is 9.88 Å². The van der Waals surface area contributed by atoms with Crippen molar-refractivity contribution in [2.75, 3.05) is 13.1 Å². The number of fused-ring (bicyclic) bond motifs is 2. The molecule has 2 heterocycles. The number of rotatable bonds is 4. The quantitative estimate of drug-likeness (QED) is 0.907. The van der Waals surface area contributed by atoms with Crippen LogP contribution in [-0.2, 0) is 16.0 Å². The maximum atomic E-state index is 12.6. The topological polar surface area (TPSA) is 73.4 Å². The Morgan fingerprint density at radius 1 is 1.33 bits per heavy atom. The average molecular weight is 326 g/mol. The summed E-state index contributed by atoms with van der Waals surface area (Å²) in [4.78, 5) is 29.3. The standard InChI is InChI=1S/C19H22N2O3/c22-17(8-7-13-10-20-16-6-2-1-5-15(13)16)21-11-14-4-3-9-19(14,12-21)18(23)24/h1-2,5-6,10,14,20H,3-4,7-9,11-12H2,(H,23,24)/t14-,19+/m0/s1. The molecule has 2 aliphatic rings. The van der Waals surface area contributed by atoms with Crippen molar-refractivity contribution in [3.05, 3.63) is 36.0 Å². The van der Waals surface area contributed by atoms with Crippen LogP contribution in [0.25, 0.3) is 10.9 Å². The number of hydrogen-bond acceptors (Lipinski definition) is 2. The summed E-state index contributed by atoms with van der Waals surface area (Å²) in [7, 11) is 0. The van der Waals surface area contributed by atoms with E-state index < -0.39 is 11.4 Å². The summed E-state index contributed by atoms with van der Waals surface area (Å²) in [5.41, 5.74) is 1.54. The molecule has 2 atom stereocenters. The minimum absolute atomic E-state index is 0.0790. The van der Waals surface area contributed by atoms with Gasteiger partial charge in [0.15, 0.2) is 0 Å². The second kappa shape index (κ2) is 5.65. The van der Waals surface area contributed by atoms with Gasteiger partial charge in [0, 0.05) is 36.6 Å². The van der Waals surface area contributed by atoms with Gasteiger partial charge in [-0.3, -0.25) is 9.59 Å². The molecule has 1 aromatic heterocycles. The maximum absolute atomic E-state index is 12.6. The molecular weight excluding hydrogens is 304 g/mol. The van der Waals surface area contributed by atoms with Gasteiger partial charge in [0.1, 0.15) is 0 Å². The molecule has 2 fully saturated rings. The lowest BCUT2D eigenvalue weighted by Gasteiger charge is -2.23. The van der Waals surface area contributed by atoms with Crippen molar-refractivity contribution in [3.8, 4) is 0 Å². The number of carbonyl (C=O) groups excluding carboxylic acids is 1. The number of H-pyrrole nitrogens is 1. The van der Waals surface area contributed by atoms with Crippen LogP contribution in [0.15, 0.2) is 30.5 Å². The lowest BCUT2D eigenvalue weighted by atomic mass is 9.81. The molecule has 1 aliphatic heterocycles. The van der Waals surface area contributed by atoms with Gasteiger partial charge in [0.05, 0.1) is 5.41 Å². The monoisotopic (exact) mass is 326 g/mol. The molecule has 0 radical (unpaired) electrons. The highest BCUT2D eigenvalue weighted by molar-refractivity contribution is 5.85. The van der Waals surface area contributed by atoms with E-state index >= 15 is 0 Å². The molecule has 24 heavy (non-hydrogen) atoms. The summed E-state index contributed by atoms with van der Waals surface area (Å²) in [6, 6.07) is 8.08. The van der Waals surface area contributed by atoms with Crippen molar-refractivity contribution < 1.29 is 14.7 Å². The first-order valence-corrected chi connectivity index (χ1v) is 8.66. The van der Waals surface area contributed by atoms with Gasteiger partial charge in [-0.25, -0.2) is 0 Å². The maximum Gasteiger partial charge on any atom is 0.311 e. The highest BCUT2D eigenvalue weighted by atomic mass is 16.4. The zero-order valence-electron chi connectivity index (χ0n) is 13.6. The van der Waals surface area contributed by atoms with Gasteiger partial charge in [-0.1, -0.05) is 24.6 Å². The van der Waals surface area contributed by atoms with Gasteiger partial charge in [-0.2, -0.15) is 0 Å². The number of aliphatic carboxylic acids is 1. The van der Waals surface area contributed by atoms with E-state index in [1.165, 1.54) is 0 Å². The molecule has 5 nitrogen and oxygen atoms in total. The molecule has 4 rings (SSSR count). The molecule has 0 bridgehead atoms. The molecule has 1 saturated carbocycles. The molecule has 0 unspecified atom stereocenters. The van der Waals surface area contributed by atoms with E-state index in [-0.39, 0.29) is 11.8 Å². The number of hydrogen-bond donors (Lipinski definition) is 2. The van der Waals surface area contributed by atoms with Gasteiger partial charge in [-0.05, 0) is 36.8 Å². The van der Waals surface area contributed by atoms with Crippen LogP contribution in [0.3, 0.4) is 0 Å². The summed E-state index contributed by atoms with van der Waals surface area (Å²) < 4.78 is 0. The molecule has 2 aromatic rings. The number of benzene rings is 1. The predicted molar refractivity (Wildman–Crippen MR) is 90.6 cm³/mol. The summed E-state index contributed by atoms with van der Waals surface area (Å²) in [6.07, 6.45) is 5.69. The summed E-state index contributed by atoms with van der Waals surface area (Å²) in [5, 5.41) is 10.8. The van der Waals surface area contributed by atoms with Gasteiger partial charge in [-0.15, -0.1) is 0 Å². The molecule has 1 aromatic carbocycles. The first-order valence-electron chi connectivity index (χ1n) is 8.66. The van der Waals surface area contributed by atoms with E-state index in [0.29, 0.717) is 32.4 Å². The molecule has 5 heteroatoms. The Morgan fingerprint density at radius 3 is 2.96 bits per heavy atom. The Kier molecular flexibility index (Phi) is 3.59. The van der Waals surface area contributed by atoms with E-state index in [1.807, 2.05) is 24.4 Å². The Hall–Kier alpha value is -2.30. The SMILES string of the molecule is O=C(CCc1c[nH]c2ccccc12)N1C[C@@H]2CCC[C@@]2(C(=O)O)C1. The van der Waals surface area contributed by atoms with Crippen molar-refractivity contribution in [3.63, 3.8) is 0 Å². The van der Waals surface area contributed by atoms with E-state index in [2.05, 4.69) is 11.1 Å². The normalized spacial score (nSPS) is 26.0. The van der Waals surface area contributed by atoms with E-state index in [0.717, 1.165) is 29.3 Å². The fraction of sp³-hybridized carbons (Fsp3) is 0.474. The zero-order valence-corrected chi connectivity index (χ0v) is 13.6. The average Bonchev–Trinajstić information content (AvgIpc) is 3.25. The van der Waals surface area contributed by atoms with Crippen LogP contribution < -0.4 is 0 Å². The fourth-order valence-corrected chi connectivity index (χ4v) is 4.57. The van der Waals surface area contributed by atoms with Crippen LogP contribution >= 0.6 is 0 Å². The van der Waals surface area contributed by atoms with Crippen molar-refractivity contribution in [2.45, 2.75) is 32.1 Å². The molecule has 2 N–H and O–H groups in total. The van der Waals surface area contributed by atoms with Crippen molar-refractivity contribution in [1.29, 1.82) is 0 Å². The summed E-state index contributed by atoms with van der Waals surface area (Å²) in [5.74, 6) is -0.515. The number of carboxylic acids is 1. The third-order valence-electron chi connectivity index (χ3n) is 5.93. The van der Waals surface area contributed by atoms with Crippen LogP contribution in [-0.4, -0.2) is 40.0 Å². The number of aryl methyl sites for hydroxylation is 1. The number of para-hydroxylation sites is 1.